The molecule has 2 amide bonds. The van der Waals surface area contributed by atoms with Crippen LogP contribution in [0.15, 0.2) is 70.2 Å². The van der Waals surface area contributed by atoms with E-state index in [0.29, 0.717) is 29.4 Å². The molecule has 29 heavy (non-hydrogen) atoms. The third-order valence-corrected chi connectivity index (χ3v) is 4.06. The Morgan fingerprint density at radius 3 is 2.55 bits per heavy atom. The van der Waals surface area contributed by atoms with Crippen molar-refractivity contribution in [2.45, 2.75) is 13.8 Å². The van der Waals surface area contributed by atoms with E-state index in [2.05, 4.69) is 15.8 Å². The first kappa shape index (κ1) is 19.9. The molecule has 0 spiro atoms. The van der Waals surface area contributed by atoms with E-state index < -0.39 is 6.03 Å². The van der Waals surface area contributed by atoms with Gasteiger partial charge in [-0.1, -0.05) is 30.3 Å². The maximum atomic E-state index is 11.9. The first-order chi connectivity index (χ1) is 14.1. The van der Waals surface area contributed by atoms with Crippen LogP contribution in [0, 0.1) is 6.92 Å². The molecule has 148 valence electrons. The molecule has 0 aliphatic carbocycles. The summed E-state index contributed by atoms with van der Waals surface area (Å²) >= 11 is 0. The Labute approximate surface area is 168 Å². The number of benzene rings is 2. The molecular formula is C22H21N3O4. The van der Waals surface area contributed by atoms with Crippen molar-refractivity contribution in [1.29, 1.82) is 0 Å². The maximum Gasteiger partial charge on any atom is 0.339 e. The largest absolute Gasteiger partial charge is 0.462 e. The molecule has 0 aliphatic heterocycles. The minimum Gasteiger partial charge on any atom is -0.462 e. The number of hydrogen-bond acceptors (Lipinski definition) is 5. The summed E-state index contributed by atoms with van der Waals surface area (Å²) in [4.78, 5) is 23.6. The fraction of sp³-hybridized carbons (Fsp3) is 0.136. The number of urea groups is 1. The van der Waals surface area contributed by atoms with Crippen LogP contribution in [-0.2, 0) is 4.74 Å². The van der Waals surface area contributed by atoms with E-state index in [1.807, 2.05) is 31.2 Å². The standard InChI is InChI=1S/C22H21N3O4/c1-3-28-21(26)17-10-8-16(9-11-17)20-13-12-18(29-20)14-23-25-22(27)24-19-7-5-4-6-15(19)2/h4-14H,3H2,1-2H3,(H2,24,25,27). The second-order valence-electron chi connectivity index (χ2n) is 6.14. The van der Waals surface area contributed by atoms with Crippen LogP contribution in [0.25, 0.3) is 11.3 Å². The Morgan fingerprint density at radius 2 is 1.83 bits per heavy atom. The van der Waals surface area contributed by atoms with Crippen molar-refractivity contribution in [1.82, 2.24) is 5.43 Å². The Hall–Kier alpha value is -3.87. The molecule has 3 aromatic rings. The maximum absolute atomic E-state index is 11.9. The zero-order valence-corrected chi connectivity index (χ0v) is 16.1. The van der Waals surface area contributed by atoms with E-state index >= 15 is 0 Å². The molecule has 2 N–H and O–H groups in total. The Morgan fingerprint density at radius 1 is 1.07 bits per heavy atom. The number of para-hydroxylation sites is 1. The molecule has 0 unspecified atom stereocenters. The second kappa shape index (κ2) is 9.36. The quantitative estimate of drug-likeness (QED) is 0.365. The minimum atomic E-state index is -0.447. The van der Waals surface area contributed by atoms with Crippen LogP contribution in [0.5, 0.6) is 0 Å². The van der Waals surface area contributed by atoms with E-state index in [1.54, 1.807) is 43.3 Å². The fourth-order valence-corrected chi connectivity index (χ4v) is 2.58. The van der Waals surface area contributed by atoms with E-state index in [4.69, 9.17) is 9.15 Å². The van der Waals surface area contributed by atoms with Crippen molar-refractivity contribution in [3.05, 3.63) is 77.6 Å². The van der Waals surface area contributed by atoms with Gasteiger partial charge in [-0.2, -0.15) is 5.10 Å². The molecule has 0 aliphatic rings. The number of esters is 1. The smallest absolute Gasteiger partial charge is 0.339 e. The number of hydrogen-bond donors (Lipinski definition) is 2. The van der Waals surface area contributed by atoms with Crippen LogP contribution >= 0.6 is 0 Å². The van der Waals surface area contributed by atoms with E-state index in [0.717, 1.165) is 11.1 Å². The fourth-order valence-electron chi connectivity index (χ4n) is 2.58. The number of nitrogens with zero attached hydrogens (tertiary/aromatic N) is 1. The Bertz CT molecular complexity index is 1020. The number of anilines is 1. The third-order valence-electron chi connectivity index (χ3n) is 4.06. The number of furan rings is 1. The van der Waals surface area contributed by atoms with Gasteiger partial charge in [0.05, 0.1) is 18.4 Å². The normalized spacial score (nSPS) is 10.7. The van der Waals surface area contributed by atoms with Crippen molar-refractivity contribution in [2.24, 2.45) is 5.10 Å². The molecule has 7 heteroatoms. The molecule has 1 aromatic heterocycles. The molecule has 1 heterocycles. The summed E-state index contributed by atoms with van der Waals surface area (Å²) in [5.41, 5.74) is 5.35. The average Bonchev–Trinajstić information content (AvgIpc) is 3.19. The predicted octanol–water partition coefficient (Wildman–Crippen LogP) is 4.59. The molecule has 0 saturated carbocycles. The van der Waals surface area contributed by atoms with Gasteiger partial charge in [0.15, 0.2) is 0 Å². The van der Waals surface area contributed by atoms with Crippen molar-refractivity contribution < 1.29 is 18.7 Å². The zero-order chi connectivity index (χ0) is 20.6. The van der Waals surface area contributed by atoms with Crippen molar-refractivity contribution in [3.63, 3.8) is 0 Å². The molecule has 0 radical (unpaired) electrons. The Balaban J connectivity index is 1.58. The first-order valence-electron chi connectivity index (χ1n) is 9.10. The number of carbonyl (C=O) groups is 2. The van der Waals surface area contributed by atoms with Gasteiger partial charge in [0.2, 0.25) is 0 Å². The van der Waals surface area contributed by atoms with Crippen LogP contribution in [0.4, 0.5) is 10.5 Å². The molecule has 3 rings (SSSR count). The van der Waals surface area contributed by atoms with E-state index in [1.165, 1.54) is 6.21 Å². The molecule has 7 nitrogen and oxygen atoms in total. The molecule has 0 fully saturated rings. The summed E-state index contributed by atoms with van der Waals surface area (Å²) in [6, 6.07) is 17.4. The first-order valence-corrected chi connectivity index (χ1v) is 9.10. The monoisotopic (exact) mass is 391 g/mol. The summed E-state index contributed by atoms with van der Waals surface area (Å²) in [5, 5.41) is 6.61. The number of carbonyl (C=O) groups excluding carboxylic acids is 2. The lowest BCUT2D eigenvalue weighted by atomic mass is 10.1. The van der Waals surface area contributed by atoms with Gasteiger partial charge in [0.1, 0.15) is 11.5 Å². The lowest BCUT2D eigenvalue weighted by Crippen LogP contribution is -2.24. The lowest BCUT2D eigenvalue weighted by molar-refractivity contribution is 0.0526. The highest BCUT2D eigenvalue weighted by molar-refractivity contribution is 5.91. The highest BCUT2D eigenvalue weighted by Gasteiger charge is 2.08. The van der Waals surface area contributed by atoms with Gasteiger partial charge in [-0.15, -0.1) is 0 Å². The van der Waals surface area contributed by atoms with Gasteiger partial charge in [0.25, 0.3) is 0 Å². The summed E-state index contributed by atoms with van der Waals surface area (Å²) in [6.07, 6.45) is 1.41. The van der Waals surface area contributed by atoms with Crippen LogP contribution in [0.2, 0.25) is 0 Å². The molecule has 0 atom stereocenters. The number of nitrogens with one attached hydrogen (secondary N) is 2. The van der Waals surface area contributed by atoms with Crippen LogP contribution in [-0.4, -0.2) is 24.8 Å². The van der Waals surface area contributed by atoms with E-state index in [-0.39, 0.29) is 5.97 Å². The van der Waals surface area contributed by atoms with Gasteiger partial charge in [-0.05, 0) is 49.7 Å². The predicted molar refractivity (Wildman–Crippen MR) is 111 cm³/mol. The van der Waals surface area contributed by atoms with Gasteiger partial charge >= 0.3 is 12.0 Å². The summed E-state index contributed by atoms with van der Waals surface area (Å²) in [6.45, 7) is 4.00. The van der Waals surface area contributed by atoms with Gasteiger partial charge in [0, 0.05) is 11.3 Å². The SMILES string of the molecule is CCOC(=O)c1ccc(-c2ccc(C=NNC(=O)Nc3ccccc3C)o2)cc1. The molecular weight excluding hydrogens is 370 g/mol. The van der Waals surface area contributed by atoms with Gasteiger partial charge in [-0.3, -0.25) is 0 Å². The van der Waals surface area contributed by atoms with Crippen molar-refractivity contribution in [2.75, 3.05) is 11.9 Å². The number of hydrazone groups is 1. The van der Waals surface area contributed by atoms with Crippen molar-refractivity contribution in [3.8, 4) is 11.3 Å². The van der Waals surface area contributed by atoms with Crippen LogP contribution < -0.4 is 10.7 Å². The highest BCUT2D eigenvalue weighted by atomic mass is 16.5. The van der Waals surface area contributed by atoms with Crippen LogP contribution in [0.1, 0.15) is 28.6 Å². The van der Waals surface area contributed by atoms with Crippen molar-refractivity contribution >= 4 is 23.9 Å². The van der Waals surface area contributed by atoms with Crippen LogP contribution in [0.3, 0.4) is 0 Å². The summed E-state index contributed by atoms with van der Waals surface area (Å²) < 4.78 is 10.7. The number of ether oxygens (including phenoxy) is 1. The summed E-state index contributed by atoms with van der Waals surface area (Å²) in [7, 11) is 0. The number of rotatable bonds is 6. The zero-order valence-electron chi connectivity index (χ0n) is 16.1. The second-order valence-corrected chi connectivity index (χ2v) is 6.14. The highest BCUT2D eigenvalue weighted by Crippen LogP contribution is 2.22. The molecule has 0 bridgehead atoms. The minimum absolute atomic E-state index is 0.332. The van der Waals surface area contributed by atoms with Gasteiger partial charge in [-0.25, -0.2) is 15.0 Å². The molecule has 0 saturated heterocycles. The molecule has 2 aromatic carbocycles. The average molecular weight is 391 g/mol. The number of amides is 2. The summed E-state index contributed by atoms with van der Waals surface area (Å²) in [5.74, 6) is 0.734. The van der Waals surface area contributed by atoms with Gasteiger partial charge < -0.3 is 14.5 Å². The topological polar surface area (TPSA) is 92.9 Å². The van der Waals surface area contributed by atoms with E-state index in [9.17, 15) is 9.59 Å². The lowest BCUT2D eigenvalue weighted by Gasteiger charge is -2.06. The number of aryl methyl sites for hydroxylation is 1. The Kier molecular flexibility index (Phi) is 6.42. The third kappa shape index (κ3) is 5.32.